The highest BCUT2D eigenvalue weighted by molar-refractivity contribution is 7.92. The zero-order valence-electron chi connectivity index (χ0n) is 14.5. The first-order valence-corrected chi connectivity index (χ1v) is 9.31. The van der Waals surface area contributed by atoms with Gasteiger partial charge in [0, 0.05) is 14.1 Å². The Morgan fingerprint density at radius 2 is 1.60 bits per heavy atom. The number of nitrogens with zero attached hydrogens (tertiary/aromatic N) is 2. The maximum Gasteiger partial charge on any atom is 0.264 e. The van der Waals surface area contributed by atoms with E-state index in [1.54, 1.807) is 56.6 Å². The van der Waals surface area contributed by atoms with Gasteiger partial charge in [-0.15, -0.1) is 0 Å². The van der Waals surface area contributed by atoms with Gasteiger partial charge in [-0.1, -0.05) is 18.2 Å². The molecule has 0 bridgehead atoms. The molecule has 0 atom stereocenters. The minimum Gasteiger partial charge on any atom is -0.494 e. The molecule has 0 unspecified atom stereocenters. The van der Waals surface area contributed by atoms with Crippen molar-refractivity contribution in [2.75, 3.05) is 31.6 Å². The minimum absolute atomic E-state index is 0.103. The van der Waals surface area contributed by atoms with Crippen molar-refractivity contribution >= 4 is 21.6 Å². The van der Waals surface area contributed by atoms with Gasteiger partial charge in [-0.25, -0.2) is 8.42 Å². The molecule has 7 heteroatoms. The van der Waals surface area contributed by atoms with E-state index in [1.165, 1.54) is 17.0 Å². The molecule has 0 fully saturated rings. The van der Waals surface area contributed by atoms with Gasteiger partial charge in [0.1, 0.15) is 12.3 Å². The number of anilines is 1. The van der Waals surface area contributed by atoms with E-state index < -0.39 is 10.0 Å². The average Bonchev–Trinajstić information content (AvgIpc) is 2.60. The topological polar surface area (TPSA) is 66.9 Å². The van der Waals surface area contributed by atoms with Gasteiger partial charge in [0.2, 0.25) is 5.91 Å². The number of carbonyl (C=O) groups excluding carboxylic acids is 1. The van der Waals surface area contributed by atoms with E-state index in [1.807, 2.05) is 6.92 Å². The zero-order valence-corrected chi connectivity index (χ0v) is 15.4. The molecule has 0 saturated carbocycles. The summed E-state index contributed by atoms with van der Waals surface area (Å²) in [6.45, 7) is 2.08. The van der Waals surface area contributed by atoms with Crippen molar-refractivity contribution in [1.29, 1.82) is 0 Å². The lowest BCUT2D eigenvalue weighted by Crippen LogP contribution is -2.40. The van der Waals surface area contributed by atoms with Crippen LogP contribution in [0.3, 0.4) is 0 Å². The summed E-state index contributed by atoms with van der Waals surface area (Å²) >= 11 is 0. The van der Waals surface area contributed by atoms with E-state index in [0.717, 1.165) is 4.31 Å². The highest BCUT2D eigenvalue weighted by Crippen LogP contribution is 2.25. The Bertz CT molecular complexity index is 803. The highest BCUT2D eigenvalue weighted by Gasteiger charge is 2.27. The predicted molar refractivity (Wildman–Crippen MR) is 97.3 cm³/mol. The van der Waals surface area contributed by atoms with Gasteiger partial charge in [0.05, 0.1) is 17.2 Å². The van der Waals surface area contributed by atoms with Crippen LogP contribution in [-0.2, 0) is 14.8 Å². The fourth-order valence-electron chi connectivity index (χ4n) is 2.18. The lowest BCUT2D eigenvalue weighted by Gasteiger charge is -2.25. The third-order valence-corrected chi connectivity index (χ3v) is 5.33. The molecule has 1 amide bonds. The quantitative estimate of drug-likeness (QED) is 0.758. The number of sulfonamides is 1. The number of benzene rings is 2. The number of hydrogen-bond acceptors (Lipinski definition) is 4. The molecular formula is C18H22N2O4S. The van der Waals surface area contributed by atoms with E-state index in [-0.39, 0.29) is 17.3 Å². The Morgan fingerprint density at radius 3 is 2.12 bits per heavy atom. The van der Waals surface area contributed by atoms with Crippen molar-refractivity contribution < 1.29 is 17.9 Å². The second-order valence-corrected chi connectivity index (χ2v) is 7.40. The molecule has 0 aromatic heterocycles. The van der Waals surface area contributed by atoms with E-state index in [0.29, 0.717) is 18.0 Å². The smallest absolute Gasteiger partial charge is 0.264 e. The Morgan fingerprint density at radius 1 is 1.00 bits per heavy atom. The van der Waals surface area contributed by atoms with E-state index in [4.69, 9.17) is 4.74 Å². The lowest BCUT2D eigenvalue weighted by atomic mass is 10.3. The molecule has 0 aliphatic carbocycles. The third-order valence-electron chi connectivity index (χ3n) is 3.54. The second kappa shape index (κ2) is 8.02. The van der Waals surface area contributed by atoms with E-state index in [2.05, 4.69) is 0 Å². The molecular weight excluding hydrogens is 340 g/mol. The predicted octanol–water partition coefficient (Wildman–Crippen LogP) is 2.37. The molecule has 0 spiro atoms. The first kappa shape index (κ1) is 18.8. The van der Waals surface area contributed by atoms with Crippen LogP contribution >= 0.6 is 0 Å². The number of ether oxygens (including phenoxy) is 1. The van der Waals surface area contributed by atoms with Gasteiger partial charge in [0.15, 0.2) is 0 Å². The molecule has 2 aromatic rings. The van der Waals surface area contributed by atoms with Crippen LogP contribution in [0.2, 0.25) is 0 Å². The van der Waals surface area contributed by atoms with Gasteiger partial charge in [-0.05, 0) is 43.3 Å². The summed E-state index contributed by atoms with van der Waals surface area (Å²) in [5.41, 5.74) is 0.437. The van der Waals surface area contributed by atoms with Gasteiger partial charge in [-0.3, -0.25) is 9.10 Å². The maximum atomic E-state index is 13.1. The zero-order chi connectivity index (χ0) is 18.4. The summed E-state index contributed by atoms with van der Waals surface area (Å²) in [4.78, 5) is 13.6. The molecule has 0 saturated heterocycles. The normalized spacial score (nSPS) is 11.0. The third kappa shape index (κ3) is 4.51. The van der Waals surface area contributed by atoms with Crippen LogP contribution in [0.1, 0.15) is 6.92 Å². The van der Waals surface area contributed by atoms with Crippen LogP contribution in [-0.4, -0.2) is 46.5 Å². The summed E-state index contributed by atoms with van der Waals surface area (Å²) in [5, 5.41) is 0. The van der Waals surface area contributed by atoms with Crippen LogP contribution < -0.4 is 9.04 Å². The Labute approximate surface area is 148 Å². The Kier molecular flexibility index (Phi) is 6.03. The molecule has 2 rings (SSSR count). The first-order valence-electron chi connectivity index (χ1n) is 7.87. The van der Waals surface area contributed by atoms with Crippen molar-refractivity contribution in [3.8, 4) is 5.75 Å². The van der Waals surface area contributed by atoms with Gasteiger partial charge in [-0.2, -0.15) is 0 Å². The fraction of sp³-hybridized carbons (Fsp3) is 0.278. The van der Waals surface area contributed by atoms with Crippen LogP contribution in [0.4, 0.5) is 5.69 Å². The van der Waals surface area contributed by atoms with Crippen molar-refractivity contribution in [2.45, 2.75) is 11.8 Å². The van der Waals surface area contributed by atoms with Crippen molar-refractivity contribution in [1.82, 2.24) is 4.90 Å². The Balaban J connectivity index is 2.42. The second-order valence-electron chi connectivity index (χ2n) is 5.54. The van der Waals surface area contributed by atoms with Crippen molar-refractivity contribution in [3.05, 3.63) is 54.6 Å². The number of para-hydroxylation sites is 1. The molecule has 0 N–H and O–H groups in total. The van der Waals surface area contributed by atoms with Crippen LogP contribution in [0.15, 0.2) is 59.5 Å². The summed E-state index contributed by atoms with van der Waals surface area (Å²) in [7, 11) is -0.700. The summed E-state index contributed by atoms with van der Waals surface area (Å²) in [6, 6.07) is 14.8. The standard InChI is InChI=1S/C18H22N2O4S/c1-4-24-16-10-12-17(13-11-16)25(22,23)20(14-18(21)19(2)3)15-8-6-5-7-9-15/h5-13H,4,14H2,1-3H3. The minimum atomic E-state index is -3.88. The largest absolute Gasteiger partial charge is 0.494 e. The monoisotopic (exact) mass is 362 g/mol. The summed E-state index contributed by atoms with van der Waals surface area (Å²) in [6.07, 6.45) is 0. The molecule has 0 heterocycles. The van der Waals surface area contributed by atoms with E-state index in [9.17, 15) is 13.2 Å². The van der Waals surface area contributed by atoms with Crippen molar-refractivity contribution in [3.63, 3.8) is 0 Å². The van der Waals surface area contributed by atoms with Crippen LogP contribution in [0.25, 0.3) is 0 Å². The Hall–Kier alpha value is -2.54. The van der Waals surface area contributed by atoms with E-state index >= 15 is 0 Å². The molecule has 134 valence electrons. The van der Waals surface area contributed by atoms with Crippen LogP contribution in [0, 0.1) is 0 Å². The fourth-order valence-corrected chi connectivity index (χ4v) is 3.59. The van der Waals surface area contributed by atoms with Gasteiger partial charge < -0.3 is 9.64 Å². The molecule has 0 aliphatic heterocycles. The van der Waals surface area contributed by atoms with Gasteiger partial charge >= 0.3 is 0 Å². The number of likely N-dealkylation sites (N-methyl/N-ethyl adjacent to an activating group) is 1. The van der Waals surface area contributed by atoms with Crippen molar-refractivity contribution in [2.24, 2.45) is 0 Å². The number of carbonyl (C=O) groups is 1. The SMILES string of the molecule is CCOc1ccc(S(=O)(=O)N(CC(=O)N(C)C)c2ccccc2)cc1. The molecule has 0 radical (unpaired) electrons. The van der Waals surface area contributed by atoms with Crippen LogP contribution in [0.5, 0.6) is 5.75 Å². The maximum absolute atomic E-state index is 13.1. The molecule has 0 aliphatic rings. The molecule has 6 nitrogen and oxygen atoms in total. The first-order chi connectivity index (χ1) is 11.9. The summed E-state index contributed by atoms with van der Waals surface area (Å²) < 4.78 is 32.6. The highest BCUT2D eigenvalue weighted by atomic mass is 32.2. The number of amides is 1. The average molecular weight is 362 g/mol. The number of hydrogen-bond donors (Lipinski definition) is 0. The summed E-state index contributed by atoms with van der Waals surface area (Å²) in [5.74, 6) is 0.287. The number of rotatable bonds is 7. The molecule has 2 aromatic carbocycles. The lowest BCUT2D eigenvalue weighted by molar-refractivity contribution is -0.127. The van der Waals surface area contributed by atoms with Gasteiger partial charge in [0.25, 0.3) is 10.0 Å². The molecule has 25 heavy (non-hydrogen) atoms.